The normalized spacial score (nSPS) is 20.1. The van der Waals surface area contributed by atoms with E-state index in [-0.39, 0.29) is 6.10 Å². The fourth-order valence-electron chi connectivity index (χ4n) is 1.83. The number of sulfonamides is 1. The van der Waals surface area contributed by atoms with Gasteiger partial charge in [-0.2, -0.15) is 0 Å². The number of alkyl halides is 1. The molecule has 0 saturated carbocycles. The molecule has 0 aliphatic carbocycles. The first-order valence-corrected chi connectivity index (χ1v) is 9.78. The fourth-order valence-corrected chi connectivity index (χ4v) is 5.45. The highest BCUT2D eigenvalue weighted by Gasteiger charge is 2.30. The number of halogens is 1. The van der Waals surface area contributed by atoms with E-state index in [1.807, 2.05) is 0 Å². The summed E-state index contributed by atoms with van der Waals surface area (Å²) in [6.07, 6.45) is 2.06. The molecule has 1 rings (SSSR count). The van der Waals surface area contributed by atoms with Crippen molar-refractivity contribution in [2.45, 2.75) is 18.9 Å². The summed E-state index contributed by atoms with van der Waals surface area (Å²) in [5, 5.41) is -0.826. The van der Waals surface area contributed by atoms with Crippen LogP contribution in [0.2, 0.25) is 0 Å². The molecular weight excluding hydrogens is 302 g/mol. The monoisotopic (exact) mass is 319 g/mol. The SMILES string of the molecule is CS(=O)(=O)CS(=O)(=O)N1CCC(OCCCl)CC1. The Labute approximate surface area is 113 Å². The molecule has 1 aliphatic rings. The average Bonchev–Trinajstić information content (AvgIpc) is 2.23. The van der Waals surface area contributed by atoms with E-state index in [4.69, 9.17) is 16.3 Å². The Morgan fingerprint density at radius 2 is 1.78 bits per heavy atom. The minimum atomic E-state index is -3.72. The van der Waals surface area contributed by atoms with Crippen molar-refractivity contribution < 1.29 is 21.6 Å². The third kappa shape index (κ3) is 5.40. The first kappa shape index (κ1) is 16.2. The number of hydrogen-bond acceptors (Lipinski definition) is 5. The van der Waals surface area contributed by atoms with Crippen molar-refractivity contribution in [1.82, 2.24) is 4.31 Å². The van der Waals surface area contributed by atoms with Gasteiger partial charge in [0, 0.05) is 25.2 Å². The lowest BCUT2D eigenvalue weighted by Crippen LogP contribution is -2.43. The van der Waals surface area contributed by atoms with Crippen LogP contribution in [0.25, 0.3) is 0 Å². The van der Waals surface area contributed by atoms with Gasteiger partial charge in [0.25, 0.3) is 0 Å². The number of hydrogen-bond donors (Lipinski definition) is 0. The van der Waals surface area contributed by atoms with Crippen LogP contribution in [0.1, 0.15) is 12.8 Å². The second-order valence-electron chi connectivity index (χ2n) is 4.31. The summed E-state index contributed by atoms with van der Waals surface area (Å²) >= 11 is 5.50. The molecule has 1 heterocycles. The lowest BCUT2D eigenvalue weighted by Gasteiger charge is -2.30. The smallest absolute Gasteiger partial charge is 0.228 e. The van der Waals surface area contributed by atoms with Gasteiger partial charge in [0.05, 0.1) is 12.7 Å². The summed E-state index contributed by atoms with van der Waals surface area (Å²) < 4.78 is 52.4. The standard InChI is InChI=1S/C9H18ClNO5S2/c1-17(12,13)8-18(14,15)11-5-2-9(3-6-11)16-7-4-10/h9H,2-8H2,1H3. The molecule has 0 amide bonds. The molecule has 0 aromatic carbocycles. The summed E-state index contributed by atoms with van der Waals surface area (Å²) in [6, 6.07) is 0. The predicted octanol–water partition coefficient (Wildman–Crippen LogP) is 0.0381. The van der Waals surface area contributed by atoms with E-state index in [2.05, 4.69) is 0 Å². The molecule has 9 heteroatoms. The van der Waals surface area contributed by atoms with Crippen molar-refractivity contribution in [3.05, 3.63) is 0 Å². The zero-order valence-electron chi connectivity index (χ0n) is 10.2. The van der Waals surface area contributed by atoms with Crippen LogP contribution < -0.4 is 0 Å². The van der Waals surface area contributed by atoms with E-state index in [0.29, 0.717) is 38.4 Å². The molecule has 0 aromatic heterocycles. The lowest BCUT2D eigenvalue weighted by molar-refractivity contribution is 0.0302. The van der Waals surface area contributed by atoms with E-state index in [1.165, 1.54) is 4.31 Å². The number of rotatable bonds is 6. The summed E-state index contributed by atoms with van der Waals surface area (Å²) in [4.78, 5) is 0. The third-order valence-corrected chi connectivity index (χ3v) is 6.80. The van der Waals surface area contributed by atoms with Crippen molar-refractivity contribution in [2.24, 2.45) is 0 Å². The first-order chi connectivity index (χ1) is 8.24. The molecule has 1 aliphatic heterocycles. The van der Waals surface area contributed by atoms with Crippen LogP contribution in [0.5, 0.6) is 0 Å². The van der Waals surface area contributed by atoms with Gasteiger partial charge in [0.2, 0.25) is 10.0 Å². The maximum Gasteiger partial charge on any atom is 0.228 e. The summed E-state index contributed by atoms with van der Waals surface area (Å²) in [5.41, 5.74) is 0. The Morgan fingerprint density at radius 1 is 1.22 bits per heavy atom. The molecule has 108 valence electrons. The minimum absolute atomic E-state index is 0.00781. The number of sulfone groups is 1. The van der Waals surface area contributed by atoms with Gasteiger partial charge in [-0.1, -0.05) is 0 Å². The number of nitrogens with zero attached hydrogens (tertiary/aromatic N) is 1. The van der Waals surface area contributed by atoms with Gasteiger partial charge in [-0.15, -0.1) is 11.6 Å². The van der Waals surface area contributed by atoms with Crippen LogP contribution in [-0.2, 0) is 24.6 Å². The van der Waals surface area contributed by atoms with E-state index in [1.54, 1.807) is 0 Å². The van der Waals surface area contributed by atoms with Gasteiger partial charge >= 0.3 is 0 Å². The van der Waals surface area contributed by atoms with Gasteiger partial charge in [-0.25, -0.2) is 21.1 Å². The van der Waals surface area contributed by atoms with Gasteiger partial charge in [0.15, 0.2) is 14.9 Å². The highest BCUT2D eigenvalue weighted by atomic mass is 35.5. The minimum Gasteiger partial charge on any atom is -0.377 e. The van der Waals surface area contributed by atoms with Crippen LogP contribution in [0.15, 0.2) is 0 Å². The van der Waals surface area contributed by atoms with Crippen molar-refractivity contribution in [2.75, 3.05) is 36.9 Å². The molecule has 1 saturated heterocycles. The van der Waals surface area contributed by atoms with Crippen molar-refractivity contribution in [1.29, 1.82) is 0 Å². The largest absolute Gasteiger partial charge is 0.377 e. The molecule has 0 spiro atoms. The van der Waals surface area contributed by atoms with E-state index < -0.39 is 24.9 Å². The fraction of sp³-hybridized carbons (Fsp3) is 1.00. The Kier molecular flexibility index (Phi) is 5.85. The van der Waals surface area contributed by atoms with Gasteiger partial charge in [-0.3, -0.25) is 0 Å². The highest BCUT2D eigenvalue weighted by molar-refractivity contribution is 8.06. The second kappa shape index (κ2) is 6.51. The topological polar surface area (TPSA) is 80.8 Å². The lowest BCUT2D eigenvalue weighted by atomic mass is 10.1. The van der Waals surface area contributed by atoms with Gasteiger partial charge in [0.1, 0.15) is 0 Å². The number of piperidine rings is 1. The van der Waals surface area contributed by atoms with Crippen molar-refractivity contribution in [3.63, 3.8) is 0 Å². The molecule has 1 fully saturated rings. The quantitative estimate of drug-likeness (QED) is 0.646. The molecule has 0 atom stereocenters. The average molecular weight is 320 g/mol. The van der Waals surface area contributed by atoms with Crippen molar-refractivity contribution in [3.8, 4) is 0 Å². The molecule has 0 bridgehead atoms. The van der Waals surface area contributed by atoms with E-state index in [9.17, 15) is 16.8 Å². The molecular formula is C9H18ClNO5S2. The molecule has 6 nitrogen and oxygen atoms in total. The van der Waals surface area contributed by atoms with Gasteiger partial charge < -0.3 is 4.74 Å². The van der Waals surface area contributed by atoms with Gasteiger partial charge in [-0.05, 0) is 12.8 Å². The molecule has 0 aromatic rings. The Balaban J connectivity index is 2.52. The summed E-state index contributed by atoms with van der Waals surface area (Å²) in [7, 11) is -7.26. The second-order valence-corrected chi connectivity index (χ2v) is 9.17. The Morgan fingerprint density at radius 3 is 2.22 bits per heavy atom. The maximum absolute atomic E-state index is 11.8. The Hall–Kier alpha value is 0.110. The molecule has 18 heavy (non-hydrogen) atoms. The zero-order valence-corrected chi connectivity index (χ0v) is 12.6. The van der Waals surface area contributed by atoms with Crippen LogP contribution in [-0.4, -0.2) is 64.2 Å². The molecule has 0 radical (unpaired) electrons. The van der Waals surface area contributed by atoms with Crippen LogP contribution in [0.4, 0.5) is 0 Å². The van der Waals surface area contributed by atoms with Crippen molar-refractivity contribution >= 4 is 31.5 Å². The first-order valence-electron chi connectivity index (χ1n) is 5.58. The van der Waals surface area contributed by atoms with Crippen LogP contribution in [0, 0.1) is 0 Å². The predicted molar refractivity (Wildman–Crippen MR) is 69.9 cm³/mol. The zero-order chi connectivity index (χ0) is 13.8. The molecule has 0 unspecified atom stereocenters. The third-order valence-electron chi connectivity index (χ3n) is 2.59. The van der Waals surface area contributed by atoms with Crippen LogP contribution in [0.3, 0.4) is 0 Å². The molecule has 0 N–H and O–H groups in total. The highest BCUT2D eigenvalue weighted by Crippen LogP contribution is 2.17. The van der Waals surface area contributed by atoms with Crippen LogP contribution >= 0.6 is 11.6 Å². The van der Waals surface area contributed by atoms with E-state index >= 15 is 0 Å². The summed E-state index contributed by atoms with van der Waals surface area (Å²) in [6.45, 7) is 1.04. The number of ether oxygens (including phenoxy) is 1. The Bertz CT molecular complexity index is 453. The van der Waals surface area contributed by atoms with E-state index in [0.717, 1.165) is 6.26 Å². The maximum atomic E-state index is 11.8. The summed E-state index contributed by atoms with van der Waals surface area (Å²) in [5.74, 6) is 0.409.